The molecule has 0 aromatic heterocycles. The zero-order valence-corrected chi connectivity index (χ0v) is 13.5. The van der Waals surface area contributed by atoms with Crippen LogP contribution in [0.25, 0.3) is 32.7 Å². The Kier molecular flexibility index (Phi) is 2.79. The van der Waals surface area contributed by atoms with Crippen molar-refractivity contribution < 1.29 is 9.05 Å². The molecule has 0 radical (unpaired) electrons. The lowest BCUT2D eigenvalue weighted by molar-refractivity contribution is 0.526. The second-order valence-electron chi connectivity index (χ2n) is 5.65. The number of benzene rings is 4. The zero-order valence-electron chi connectivity index (χ0n) is 12.3. The number of fused-ring (bicyclic) bond motifs is 7. The first kappa shape index (κ1) is 12.9. The predicted molar refractivity (Wildman–Crippen MR) is 97.9 cm³/mol. The molecule has 23 heavy (non-hydrogen) atoms. The van der Waals surface area contributed by atoms with Crippen molar-refractivity contribution in [3.63, 3.8) is 0 Å². The Hall–Kier alpha value is -2.57. The van der Waals surface area contributed by atoms with E-state index in [1.165, 1.54) is 21.5 Å². The Bertz CT molecular complexity index is 971. The molecule has 4 aromatic rings. The summed E-state index contributed by atoms with van der Waals surface area (Å²) in [5.41, 5.74) is 2.28. The summed E-state index contributed by atoms with van der Waals surface area (Å²) in [5.74, 6) is 1.82. The van der Waals surface area contributed by atoms with Crippen LogP contribution in [0.3, 0.4) is 0 Å². The Balaban J connectivity index is 2.01. The molecular weight excluding hydrogens is 303 g/mol. The van der Waals surface area contributed by atoms with Gasteiger partial charge in [-0.05, 0) is 33.7 Å². The van der Waals surface area contributed by atoms with Gasteiger partial charge in [-0.2, -0.15) is 0 Å². The molecule has 0 spiro atoms. The monoisotopic (exact) mass is 317 g/mol. The molecule has 3 heteroatoms. The third kappa shape index (κ3) is 1.92. The average molecular weight is 317 g/mol. The molecule has 0 aliphatic carbocycles. The van der Waals surface area contributed by atoms with Gasteiger partial charge in [-0.3, -0.25) is 0 Å². The van der Waals surface area contributed by atoms with Crippen LogP contribution in [0.5, 0.6) is 11.5 Å². The highest BCUT2D eigenvalue weighted by atomic mass is 31.1. The quantitative estimate of drug-likeness (QED) is 0.389. The summed E-state index contributed by atoms with van der Waals surface area (Å²) >= 11 is 0. The summed E-state index contributed by atoms with van der Waals surface area (Å²) in [7, 11) is -0.553. The fraction of sp³-hybridized carbons (Fsp3) is 0. The molecule has 0 saturated carbocycles. The molecule has 0 amide bonds. The van der Waals surface area contributed by atoms with Gasteiger partial charge in [-0.15, -0.1) is 0 Å². The van der Waals surface area contributed by atoms with Gasteiger partial charge in [-0.25, -0.2) is 0 Å². The Morgan fingerprint density at radius 3 is 1.52 bits per heavy atom. The largest absolute Gasteiger partial charge is 0.340 e. The minimum Gasteiger partial charge on any atom is -0.314 e. The van der Waals surface area contributed by atoms with E-state index >= 15 is 0 Å². The molecule has 2 nitrogen and oxygen atoms in total. The lowest BCUT2D eigenvalue weighted by Crippen LogP contribution is -1.87. The lowest BCUT2D eigenvalue weighted by Gasteiger charge is -2.11. The van der Waals surface area contributed by atoms with Gasteiger partial charge >= 0.3 is 9.03 Å². The molecule has 0 fully saturated rings. The van der Waals surface area contributed by atoms with E-state index in [1.54, 1.807) is 0 Å². The summed E-state index contributed by atoms with van der Waals surface area (Å²) in [6.45, 7) is 0. The number of hydrogen-bond acceptors (Lipinski definition) is 2. The molecule has 0 unspecified atom stereocenters. The maximum Gasteiger partial charge on any atom is 0.340 e. The van der Waals surface area contributed by atoms with Crippen molar-refractivity contribution in [2.75, 3.05) is 0 Å². The van der Waals surface area contributed by atoms with Gasteiger partial charge in [0.05, 0.1) is 0 Å². The van der Waals surface area contributed by atoms with Crippen molar-refractivity contribution >= 4 is 30.6 Å². The smallest absolute Gasteiger partial charge is 0.314 e. The second-order valence-corrected chi connectivity index (χ2v) is 6.32. The van der Waals surface area contributed by atoms with Gasteiger partial charge in [0.25, 0.3) is 0 Å². The molecule has 1 aliphatic rings. The number of rotatable bonds is 0. The SMILES string of the molecule is c1ccc2c3c(ccc2c1)O[PH2+]Oc1ccc2ccccc2c1-3. The van der Waals surface area contributed by atoms with Crippen LogP contribution in [0.15, 0.2) is 72.8 Å². The Morgan fingerprint density at radius 1 is 0.522 bits per heavy atom. The van der Waals surface area contributed by atoms with Crippen LogP contribution in [0.2, 0.25) is 0 Å². The molecule has 110 valence electrons. The highest BCUT2D eigenvalue weighted by molar-refractivity contribution is 7.27. The molecule has 1 heterocycles. The van der Waals surface area contributed by atoms with Gasteiger partial charge in [0.2, 0.25) is 0 Å². The standard InChI is InChI=1S/C20H14O2P/c1-3-7-15-13(5-1)9-11-17-19(15)20-16-8-4-2-6-14(16)10-12-18(20)22-23-21-17/h1-12H,23H2/q+1. The minimum absolute atomic E-state index is 0.553. The van der Waals surface area contributed by atoms with Crippen molar-refractivity contribution in [1.82, 2.24) is 0 Å². The summed E-state index contributed by atoms with van der Waals surface area (Å²) < 4.78 is 11.9. The fourth-order valence-electron chi connectivity index (χ4n) is 3.34. The van der Waals surface area contributed by atoms with Gasteiger partial charge in [0.15, 0.2) is 11.5 Å². The third-order valence-corrected chi connectivity index (χ3v) is 5.08. The van der Waals surface area contributed by atoms with Crippen LogP contribution in [-0.4, -0.2) is 0 Å². The minimum atomic E-state index is -0.553. The van der Waals surface area contributed by atoms with Gasteiger partial charge in [-0.1, -0.05) is 60.7 Å². The van der Waals surface area contributed by atoms with Gasteiger partial charge in [0.1, 0.15) is 0 Å². The van der Waals surface area contributed by atoms with E-state index in [-0.39, 0.29) is 0 Å². The predicted octanol–water partition coefficient (Wildman–Crippen LogP) is 5.67. The summed E-state index contributed by atoms with van der Waals surface area (Å²) in [6, 6.07) is 25.2. The van der Waals surface area contributed by atoms with Crippen molar-refractivity contribution in [3.05, 3.63) is 72.8 Å². The first-order chi connectivity index (χ1) is 11.4. The Labute approximate surface area is 135 Å². The molecule has 0 saturated heterocycles. The second kappa shape index (κ2) is 4.97. The summed E-state index contributed by atoms with van der Waals surface area (Å²) in [4.78, 5) is 0. The maximum absolute atomic E-state index is 5.95. The summed E-state index contributed by atoms with van der Waals surface area (Å²) in [5, 5.41) is 4.83. The lowest BCUT2D eigenvalue weighted by atomic mass is 9.92. The van der Waals surface area contributed by atoms with Crippen LogP contribution in [0, 0.1) is 0 Å². The van der Waals surface area contributed by atoms with Crippen LogP contribution in [-0.2, 0) is 0 Å². The van der Waals surface area contributed by atoms with Gasteiger partial charge in [0, 0.05) is 11.1 Å². The Morgan fingerprint density at radius 2 is 1.00 bits per heavy atom. The average Bonchev–Trinajstić information content (AvgIpc) is 2.81. The molecule has 1 aliphatic heterocycles. The van der Waals surface area contributed by atoms with Crippen LogP contribution in [0.4, 0.5) is 0 Å². The molecule has 0 atom stereocenters. The van der Waals surface area contributed by atoms with E-state index in [2.05, 4.69) is 72.8 Å². The van der Waals surface area contributed by atoms with E-state index in [9.17, 15) is 0 Å². The van der Waals surface area contributed by atoms with E-state index in [0.29, 0.717) is 0 Å². The van der Waals surface area contributed by atoms with Crippen molar-refractivity contribution in [2.24, 2.45) is 0 Å². The fourth-order valence-corrected chi connectivity index (χ4v) is 3.99. The third-order valence-electron chi connectivity index (χ3n) is 4.38. The highest BCUT2D eigenvalue weighted by Crippen LogP contribution is 2.49. The van der Waals surface area contributed by atoms with E-state index in [0.717, 1.165) is 22.6 Å². The molecule has 5 rings (SSSR count). The van der Waals surface area contributed by atoms with Crippen molar-refractivity contribution in [2.45, 2.75) is 0 Å². The first-order valence-corrected chi connectivity index (χ1v) is 8.55. The van der Waals surface area contributed by atoms with E-state index in [4.69, 9.17) is 9.05 Å². The van der Waals surface area contributed by atoms with Crippen LogP contribution in [0.1, 0.15) is 0 Å². The number of hydrogen-bond donors (Lipinski definition) is 0. The molecule has 0 N–H and O–H groups in total. The van der Waals surface area contributed by atoms with E-state index < -0.39 is 9.03 Å². The summed E-state index contributed by atoms with van der Waals surface area (Å²) in [6.07, 6.45) is 0. The normalized spacial score (nSPS) is 12.9. The molecule has 4 aromatic carbocycles. The zero-order chi connectivity index (χ0) is 15.2. The van der Waals surface area contributed by atoms with Gasteiger partial charge < -0.3 is 9.05 Å². The van der Waals surface area contributed by atoms with Crippen LogP contribution < -0.4 is 9.05 Å². The highest BCUT2D eigenvalue weighted by Gasteiger charge is 2.24. The maximum atomic E-state index is 5.95. The first-order valence-electron chi connectivity index (χ1n) is 7.61. The van der Waals surface area contributed by atoms with Crippen molar-refractivity contribution in [3.8, 4) is 22.6 Å². The van der Waals surface area contributed by atoms with Crippen LogP contribution >= 0.6 is 9.03 Å². The van der Waals surface area contributed by atoms with Crippen molar-refractivity contribution in [1.29, 1.82) is 0 Å². The molecular formula is C20H14O2P+. The van der Waals surface area contributed by atoms with E-state index in [1.807, 2.05) is 0 Å². The molecule has 0 bridgehead atoms. The topological polar surface area (TPSA) is 18.5 Å².